The SMILES string of the molecule is Cc1ccc(S(=O)(=O)N(Cc2ccccc2F)c2ccc(Cl)cc2)cc1. The van der Waals surface area contributed by atoms with Crippen molar-refractivity contribution in [2.24, 2.45) is 0 Å². The molecular weight excluding hydrogens is 373 g/mol. The first-order valence-corrected chi connectivity index (χ1v) is 9.78. The van der Waals surface area contributed by atoms with Gasteiger partial charge in [-0.25, -0.2) is 12.8 Å². The molecule has 0 aromatic heterocycles. The lowest BCUT2D eigenvalue weighted by Crippen LogP contribution is -2.31. The molecule has 0 heterocycles. The Morgan fingerprint density at radius 1 is 0.923 bits per heavy atom. The fraction of sp³-hybridized carbons (Fsp3) is 0.100. The van der Waals surface area contributed by atoms with Crippen molar-refractivity contribution in [1.29, 1.82) is 0 Å². The van der Waals surface area contributed by atoms with E-state index in [0.717, 1.165) is 5.56 Å². The van der Waals surface area contributed by atoms with Gasteiger partial charge in [0, 0.05) is 10.6 Å². The van der Waals surface area contributed by atoms with Crippen LogP contribution in [0, 0.1) is 12.7 Å². The monoisotopic (exact) mass is 389 g/mol. The van der Waals surface area contributed by atoms with Gasteiger partial charge >= 0.3 is 0 Å². The zero-order valence-corrected chi connectivity index (χ0v) is 15.6. The van der Waals surface area contributed by atoms with Crippen LogP contribution in [0.15, 0.2) is 77.7 Å². The van der Waals surface area contributed by atoms with Gasteiger partial charge in [-0.15, -0.1) is 0 Å². The predicted molar refractivity (Wildman–Crippen MR) is 102 cm³/mol. The predicted octanol–water partition coefficient (Wildman–Crippen LogP) is 5.18. The second kappa shape index (κ2) is 7.48. The van der Waals surface area contributed by atoms with Crippen molar-refractivity contribution < 1.29 is 12.8 Å². The smallest absolute Gasteiger partial charge is 0.262 e. The highest BCUT2D eigenvalue weighted by molar-refractivity contribution is 7.92. The summed E-state index contributed by atoms with van der Waals surface area (Å²) in [6.07, 6.45) is 0. The summed E-state index contributed by atoms with van der Waals surface area (Å²) in [6, 6.07) is 19.1. The molecule has 0 aliphatic rings. The van der Waals surface area contributed by atoms with Gasteiger partial charge in [-0.2, -0.15) is 0 Å². The standard InChI is InChI=1S/C20H17ClFNO2S/c1-15-6-12-19(13-7-15)26(24,25)23(18-10-8-17(21)9-11-18)14-16-4-2-3-5-20(16)22/h2-13H,14H2,1H3. The molecule has 134 valence electrons. The van der Waals surface area contributed by atoms with Crippen LogP contribution in [0.4, 0.5) is 10.1 Å². The number of benzene rings is 3. The molecule has 0 atom stereocenters. The summed E-state index contributed by atoms with van der Waals surface area (Å²) in [7, 11) is -3.88. The van der Waals surface area contributed by atoms with Crippen LogP contribution in [0.1, 0.15) is 11.1 Å². The molecule has 3 nitrogen and oxygen atoms in total. The minimum Gasteiger partial charge on any atom is -0.262 e. The molecule has 0 amide bonds. The molecule has 0 unspecified atom stereocenters. The summed E-state index contributed by atoms with van der Waals surface area (Å²) in [4.78, 5) is 0.148. The first-order valence-electron chi connectivity index (χ1n) is 7.96. The Balaban J connectivity index is 2.09. The normalized spacial score (nSPS) is 11.3. The van der Waals surface area contributed by atoms with Gasteiger partial charge in [0.1, 0.15) is 5.82 Å². The zero-order chi connectivity index (χ0) is 18.7. The maximum Gasteiger partial charge on any atom is 0.264 e. The Morgan fingerprint density at radius 2 is 1.54 bits per heavy atom. The minimum absolute atomic E-state index is 0.121. The minimum atomic E-state index is -3.88. The number of aryl methyl sites for hydroxylation is 1. The molecule has 0 aliphatic carbocycles. The van der Waals surface area contributed by atoms with E-state index in [1.54, 1.807) is 66.7 Å². The molecule has 6 heteroatoms. The Kier molecular flexibility index (Phi) is 5.30. The molecule has 3 aromatic rings. The van der Waals surface area contributed by atoms with Gasteiger partial charge < -0.3 is 0 Å². The third-order valence-electron chi connectivity index (χ3n) is 4.00. The van der Waals surface area contributed by atoms with Crippen LogP contribution < -0.4 is 4.31 Å². The molecule has 0 saturated carbocycles. The molecule has 0 radical (unpaired) electrons. The highest BCUT2D eigenvalue weighted by atomic mass is 35.5. The van der Waals surface area contributed by atoms with Crippen LogP contribution in [0.3, 0.4) is 0 Å². The van der Waals surface area contributed by atoms with Crippen LogP contribution >= 0.6 is 11.6 Å². The van der Waals surface area contributed by atoms with Gasteiger partial charge in [0.05, 0.1) is 17.1 Å². The van der Waals surface area contributed by atoms with E-state index in [9.17, 15) is 12.8 Å². The molecule has 26 heavy (non-hydrogen) atoms. The van der Waals surface area contributed by atoms with Crippen LogP contribution in [-0.4, -0.2) is 8.42 Å². The van der Waals surface area contributed by atoms with Crippen molar-refractivity contribution in [3.63, 3.8) is 0 Å². The zero-order valence-electron chi connectivity index (χ0n) is 14.1. The molecule has 0 aliphatic heterocycles. The van der Waals surface area contributed by atoms with E-state index in [4.69, 9.17) is 11.6 Å². The van der Waals surface area contributed by atoms with Crippen molar-refractivity contribution in [3.8, 4) is 0 Å². The number of nitrogens with zero attached hydrogens (tertiary/aromatic N) is 1. The average Bonchev–Trinajstić information content (AvgIpc) is 2.62. The summed E-state index contributed by atoms with van der Waals surface area (Å²) >= 11 is 5.92. The van der Waals surface area contributed by atoms with Crippen molar-refractivity contribution in [2.45, 2.75) is 18.4 Å². The molecule has 3 rings (SSSR count). The summed E-state index contributed by atoms with van der Waals surface area (Å²) in [5.41, 5.74) is 1.66. The topological polar surface area (TPSA) is 37.4 Å². The molecule has 0 saturated heterocycles. The van der Waals surface area contributed by atoms with E-state index in [1.807, 2.05) is 6.92 Å². The summed E-state index contributed by atoms with van der Waals surface area (Å²) in [5, 5.41) is 0.493. The second-order valence-corrected chi connectivity index (χ2v) is 8.19. The van der Waals surface area contributed by atoms with Crippen LogP contribution in [0.25, 0.3) is 0 Å². The highest BCUT2D eigenvalue weighted by Gasteiger charge is 2.26. The molecular formula is C20H17ClFNO2S. The van der Waals surface area contributed by atoms with E-state index in [1.165, 1.54) is 10.4 Å². The number of rotatable bonds is 5. The lowest BCUT2D eigenvalue weighted by Gasteiger charge is -2.25. The van der Waals surface area contributed by atoms with Crippen molar-refractivity contribution >= 4 is 27.3 Å². The maximum absolute atomic E-state index is 14.1. The molecule has 0 spiro atoms. The average molecular weight is 390 g/mol. The molecule has 0 N–H and O–H groups in total. The summed E-state index contributed by atoms with van der Waals surface area (Å²) in [6.45, 7) is 1.76. The quantitative estimate of drug-likeness (QED) is 0.602. The Morgan fingerprint density at radius 3 is 2.15 bits per heavy atom. The number of hydrogen-bond donors (Lipinski definition) is 0. The first kappa shape index (κ1) is 18.4. The van der Waals surface area contributed by atoms with Gasteiger partial charge in [-0.3, -0.25) is 4.31 Å². The molecule has 3 aromatic carbocycles. The van der Waals surface area contributed by atoms with Crippen molar-refractivity contribution in [3.05, 3.63) is 94.8 Å². The molecule has 0 bridgehead atoms. The fourth-order valence-corrected chi connectivity index (χ4v) is 4.11. The highest BCUT2D eigenvalue weighted by Crippen LogP contribution is 2.28. The fourth-order valence-electron chi connectivity index (χ4n) is 2.54. The van der Waals surface area contributed by atoms with E-state index < -0.39 is 15.8 Å². The van der Waals surface area contributed by atoms with E-state index >= 15 is 0 Å². The van der Waals surface area contributed by atoms with Gasteiger partial charge in [-0.05, 0) is 49.4 Å². The number of sulfonamides is 1. The third-order valence-corrected chi connectivity index (χ3v) is 6.04. The lowest BCUT2D eigenvalue weighted by molar-refractivity contribution is 0.585. The summed E-state index contributed by atoms with van der Waals surface area (Å²) < 4.78 is 41.7. The summed E-state index contributed by atoms with van der Waals surface area (Å²) in [5.74, 6) is -0.453. The Hall–Kier alpha value is -2.37. The van der Waals surface area contributed by atoms with Crippen molar-refractivity contribution in [1.82, 2.24) is 0 Å². The van der Waals surface area contributed by atoms with Gasteiger partial charge in [0.15, 0.2) is 0 Å². The van der Waals surface area contributed by atoms with Gasteiger partial charge in [0.2, 0.25) is 0 Å². The number of halogens is 2. The lowest BCUT2D eigenvalue weighted by atomic mass is 10.2. The van der Waals surface area contributed by atoms with Crippen LogP contribution in [0.2, 0.25) is 5.02 Å². The maximum atomic E-state index is 14.1. The second-order valence-electron chi connectivity index (χ2n) is 5.89. The Labute approximate surface area is 157 Å². The Bertz CT molecular complexity index is 1000. The van der Waals surface area contributed by atoms with E-state index in [0.29, 0.717) is 10.7 Å². The van der Waals surface area contributed by atoms with Gasteiger partial charge in [-0.1, -0.05) is 47.5 Å². The van der Waals surface area contributed by atoms with Gasteiger partial charge in [0.25, 0.3) is 10.0 Å². The largest absolute Gasteiger partial charge is 0.264 e. The van der Waals surface area contributed by atoms with E-state index in [-0.39, 0.29) is 17.0 Å². The number of anilines is 1. The number of hydrogen-bond acceptors (Lipinski definition) is 2. The van der Waals surface area contributed by atoms with E-state index in [2.05, 4.69) is 0 Å². The third kappa shape index (κ3) is 3.89. The first-order chi connectivity index (χ1) is 12.4. The van der Waals surface area contributed by atoms with Crippen molar-refractivity contribution in [2.75, 3.05) is 4.31 Å². The molecule has 0 fully saturated rings. The van der Waals surface area contributed by atoms with Crippen LogP contribution in [0.5, 0.6) is 0 Å². The van der Waals surface area contributed by atoms with Crippen LogP contribution in [-0.2, 0) is 16.6 Å².